The highest BCUT2D eigenvalue weighted by Crippen LogP contribution is 2.44. The summed E-state index contributed by atoms with van der Waals surface area (Å²) in [5, 5.41) is 1.12. The van der Waals surface area contributed by atoms with Gasteiger partial charge in [0.2, 0.25) is 12.7 Å². The molecule has 3 atom stereocenters. The van der Waals surface area contributed by atoms with Crippen molar-refractivity contribution < 1.29 is 19.0 Å². The maximum Gasteiger partial charge on any atom is 0.231 e. The topological polar surface area (TPSA) is 63.8 Å². The number of fused-ring (bicyclic) bond motifs is 2. The molecule has 1 N–H and O–H groups in total. The molecule has 2 aromatic carbocycles. The van der Waals surface area contributed by atoms with Crippen LogP contribution in [0.2, 0.25) is 0 Å². The lowest BCUT2D eigenvalue weighted by molar-refractivity contribution is -0.143. The first-order chi connectivity index (χ1) is 14.6. The van der Waals surface area contributed by atoms with Gasteiger partial charge in [-0.2, -0.15) is 0 Å². The smallest absolute Gasteiger partial charge is 0.231 e. The lowest BCUT2D eigenvalue weighted by atomic mass is 9.87. The zero-order valence-electron chi connectivity index (χ0n) is 17.3. The molecule has 2 aliphatic rings. The summed E-state index contributed by atoms with van der Waals surface area (Å²) in [6.07, 6.45) is 2.47. The minimum Gasteiger partial charge on any atom is -0.454 e. The van der Waals surface area contributed by atoms with Crippen LogP contribution in [0, 0.1) is 0 Å². The second-order valence-corrected chi connectivity index (χ2v) is 8.18. The van der Waals surface area contributed by atoms with Crippen molar-refractivity contribution in [2.24, 2.45) is 0 Å². The fraction of sp³-hybridized carbons (Fsp3) is 0.375. The van der Waals surface area contributed by atoms with Crippen LogP contribution in [0.3, 0.4) is 0 Å². The molecule has 1 aromatic heterocycles. The van der Waals surface area contributed by atoms with E-state index in [9.17, 15) is 4.79 Å². The third kappa shape index (κ3) is 3.41. The van der Waals surface area contributed by atoms with E-state index in [1.165, 1.54) is 0 Å². The largest absolute Gasteiger partial charge is 0.454 e. The van der Waals surface area contributed by atoms with Crippen molar-refractivity contribution in [3.63, 3.8) is 0 Å². The number of aromatic nitrogens is 1. The van der Waals surface area contributed by atoms with E-state index in [1.54, 1.807) is 0 Å². The van der Waals surface area contributed by atoms with Crippen molar-refractivity contribution >= 4 is 16.8 Å². The number of nitrogens with one attached hydrogen (secondary N) is 1. The number of carbonyl (C=O) groups excluding carboxylic acids is 1. The number of aromatic amines is 1. The molecule has 156 valence electrons. The number of hydrogen-bond acceptors (Lipinski definition) is 4. The molecule has 0 aliphatic carbocycles. The molecular formula is C24H26N2O4. The summed E-state index contributed by atoms with van der Waals surface area (Å²) in [6.45, 7) is 5.48. The number of ether oxygens (including phenoxy) is 3. The second kappa shape index (κ2) is 7.69. The van der Waals surface area contributed by atoms with Crippen molar-refractivity contribution in [3.05, 3.63) is 59.8 Å². The molecule has 0 spiro atoms. The molecule has 3 heterocycles. The highest BCUT2D eigenvalue weighted by molar-refractivity contribution is 5.86. The predicted octanol–water partition coefficient (Wildman–Crippen LogP) is 4.05. The van der Waals surface area contributed by atoms with Gasteiger partial charge in [-0.15, -0.1) is 0 Å². The molecule has 1 amide bonds. The number of carbonyl (C=O) groups is 1. The summed E-state index contributed by atoms with van der Waals surface area (Å²) in [5.41, 5.74) is 3.14. The molecule has 2 aliphatic heterocycles. The first-order valence-electron chi connectivity index (χ1n) is 10.5. The Kier molecular flexibility index (Phi) is 4.87. The summed E-state index contributed by atoms with van der Waals surface area (Å²) in [4.78, 5) is 18.7. The molecule has 0 saturated carbocycles. The van der Waals surface area contributed by atoms with Gasteiger partial charge in [0.1, 0.15) is 0 Å². The van der Waals surface area contributed by atoms with E-state index in [0.29, 0.717) is 19.5 Å². The highest BCUT2D eigenvalue weighted by atomic mass is 16.7. The Hall–Kier alpha value is -2.99. The van der Waals surface area contributed by atoms with E-state index in [4.69, 9.17) is 14.2 Å². The van der Waals surface area contributed by atoms with Crippen molar-refractivity contribution in [1.29, 1.82) is 0 Å². The van der Waals surface area contributed by atoms with Gasteiger partial charge >= 0.3 is 0 Å². The van der Waals surface area contributed by atoms with Gasteiger partial charge in [-0.1, -0.05) is 30.3 Å². The van der Waals surface area contributed by atoms with Crippen LogP contribution in [0.5, 0.6) is 11.5 Å². The lowest BCUT2D eigenvalue weighted by Gasteiger charge is -2.36. The molecule has 5 rings (SSSR count). The highest BCUT2D eigenvalue weighted by Gasteiger charge is 2.32. The maximum atomic E-state index is 13.4. The van der Waals surface area contributed by atoms with Gasteiger partial charge in [0.05, 0.1) is 12.2 Å². The third-order valence-corrected chi connectivity index (χ3v) is 5.95. The molecular weight excluding hydrogens is 380 g/mol. The van der Waals surface area contributed by atoms with Gasteiger partial charge in [-0.25, -0.2) is 0 Å². The summed E-state index contributed by atoms with van der Waals surface area (Å²) in [6, 6.07) is 14.1. The number of benzene rings is 2. The van der Waals surface area contributed by atoms with E-state index >= 15 is 0 Å². The van der Waals surface area contributed by atoms with Crippen LogP contribution in [0.25, 0.3) is 10.9 Å². The van der Waals surface area contributed by atoms with Gasteiger partial charge in [0, 0.05) is 48.1 Å². The van der Waals surface area contributed by atoms with Crippen LogP contribution >= 0.6 is 0 Å². The van der Waals surface area contributed by atoms with Gasteiger partial charge in [-0.3, -0.25) is 4.79 Å². The van der Waals surface area contributed by atoms with Gasteiger partial charge in [-0.05, 0) is 31.5 Å². The molecule has 0 unspecified atom stereocenters. The standard InChI is InChI=1S/C24H26N2O4/c1-15-12-26(13-16(2)30-15)23(27)10-19(18-7-5-9-22-24(18)29-14-28-22)20-11-25-21-8-4-3-6-17(20)21/h3-9,11,15-16,19,25H,10,12-14H2,1-2H3/t15-,16-,19+/m1/s1. The van der Waals surface area contributed by atoms with Crippen LogP contribution in [0.4, 0.5) is 0 Å². The summed E-state index contributed by atoms with van der Waals surface area (Å²) in [7, 11) is 0. The Morgan fingerprint density at radius 2 is 1.87 bits per heavy atom. The SMILES string of the molecule is C[C@@H]1CN(C(=O)C[C@@H](c2cccc3c2OCO3)c2c[nH]c3ccccc23)C[C@@H](C)O1. The minimum absolute atomic E-state index is 0.0435. The second-order valence-electron chi connectivity index (χ2n) is 8.18. The zero-order chi connectivity index (χ0) is 20.7. The molecule has 1 saturated heterocycles. The number of amides is 1. The Morgan fingerprint density at radius 1 is 1.07 bits per heavy atom. The first-order valence-corrected chi connectivity index (χ1v) is 10.5. The fourth-order valence-electron chi connectivity index (χ4n) is 4.68. The average Bonchev–Trinajstić information content (AvgIpc) is 3.38. The van der Waals surface area contributed by atoms with E-state index in [-0.39, 0.29) is 30.8 Å². The van der Waals surface area contributed by atoms with Gasteiger partial charge in [0.25, 0.3) is 0 Å². The number of hydrogen-bond donors (Lipinski definition) is 1. The summed E-state index contributed by atoms with van der Waals surface area (Å²) in [5.74, 6) is 1.46. The Labute approximate surface area is 175 Å². The van der Waals surface area contributed by atoms with Crippen molar-refractivity contribution in [2.75, 3.05) is 19.9 Å². The molecule has 1 fully saturated rings. The van der Waals surface area contributed by atoms with Crippen molar-refractivity contribution in [1.82, 2.24) is 9.88 Å². The number of nitrogens with zero attached hydrogens (tertiary/aromatic N) is 1. The summed E-state index contributed by atoms with van der Waals surface area (Å²) < 4.78 is 17.2. The third-order valence-electron chi connectivity index (χ3n) is 5.95. The number of rotatable bonds is 4. The molecule has 0 bridgehead atoms. The van der Waals surface area contributed by atoms with E-state index in [1.807, 2.05) is 55.3 Å². The zero-order valence-corrected chi connectivity index (χ0v) is 17.3. The van der Waals surface area contributed by atoms with Crippen LogP contribution in [0.15, 0.2) is 48.7 Å². The monoisotopic (exact) mass is 406 g/mol. The quantitative estimate of drug-likeness (QED) is 0.710. The first kappa shape index (κ1) is 19.0. The normalized spacial score (nSPS) is 21.7. The number of morpholine rings is 1. The Balaban J connectivity index is 1.54. The Morgan fingerprint density at radius 3 is 2.70 bits per heavy atom. The predicted molar refractivity (Wildman–Crippen MR) is 114 cm³/mol. The molecule has 6 heteroatoms. The van der Waals surface area contributed by atoms with E-state index in [2.05, 4.69) is 17.1 Å². The number of para-hydroxylation sites is 2. The van der Waals surface area contributed by atoms with E-state index < -0.39 is 0 Å². The van der Waals surface area contributed by atoms with Gasteiger partial charge in [0.15, 0.2) is 11.5 Å². The fourth-order valence-corrected chi connectivity index (χ4v) is 4.68. The Bertz CT molecular complexity index is 1070. The summed E-state index contributed by atoms with van der Waals surface area (Å²) >= 11 is 0. The van der Waals surface area contributed by atoms with Crippen molar-refractivity contribution in [2.45, 2.75) is 38.4 Å². The molecule has 30 heavy (non-hydrogen) atoms. The van der Waals surface area contributed by atoms with Gasteiger partial charge < -0.3 is 24.1 Å². The molecule has 6 nitrogen and oxygen atoms in total. The maximum absolute atomic E-state index is 13.4. The van der Waals surface area contributed by atoms with Crippen LogP contribution < -0.4 is 9.47 Å². The van der Waals surface area contributed by atoms with Crippen molar-refractivity contribution in [3.8, 4) is 11.5 Å². The lowest BCUT2D eigenvalue weighted by Crippen LogP contribution is -2.48. The average molecular weight is 406 g/mol. The van der Waals surface area contributed by atoms with E-state index in [0.717, 1.165) is 33.5 Å². The number of H-pyrrole nitrogens is 1. The minimum atomic E-state index is -0.140. The molecule has 0 radical (unpaired) electrons. The van der Waals surface area contributed by atoms with Crippen LogP contribution in [-0.4, -0.2) is 47.9 Å². The molecule has 3 aromatic rings. The van der Waals surface area contributed by atoms with Crippen LogP contribution in [-0.2, 0) is 9.53 Å². The van der Waals surface area contributed by atoms with Crippen LogP contribution in [0.1, 0.15) is 37.3 Å².